The van der Waals surface area contributed by atoms with Gasteiger partial charge in [-0.2, -0.15) is 11.8 Å². The lowest BCUT2D eigenvalue weighted by Gasteiger charge is -2.14. The van der Waals surface area contributed by atoms with Crippen molar-refractivity contribution in [1.29, 1.82) is 0 Å². The molecule has 0 unspecified atom stereocenters. The van der Waals surface area contributed by atoms with Crippen LogP contribution in [0.4, 0.5) is 0 Å². The van der Waals surface area contributed by atoms with Crippen molar-refractivity contribution in [1.82, 2.24) is 0 Å². The van der Waals surface area contributed by atoms with Crippen molar-refractivity contribution < 1.29 is 5.11 Å². The minimum absolute atomic E-state index is 0.0371. The first-order chi connectivity index (χ1) is 4.75. The standard InChI is InChI=1S/C8H16OS/c1-3-4-7-8(9)6(2)5-10-7/h6-9H,3-5H2,1-2H3/t6-,7+,8-/m1/s1. The molecule has 1 fully saturated rings. The molecule has 1 nitrogen and oxygen atoms in total. The van der Waals surface area contributed by atoms with Crippen LogP contribution in [0, 0.1) is 5.92 Å². The minimum atomic E-state index is -0.0371. The van der Waals surface area contributed by atoms with E-state index in [0.29, 0.717) is 11.2 Å². The number of hydrogen-bond acceptors (Lipinski definition) is 2. The van der Waals surface area contributed by atoms with Gasteiger partial charge in [0.2, 0.25) is 0 Å². The van der Waals surface area contributed by atoms with Crippen molar-refractivity contribution in [2.45, 2.75) is 38.0 Å². The van der Waals surface area contributed by atoms with Gasteiger partial charge in [-0.15, -0.1) is 0 Å². The number of aliphatic hydroxyl groups is 1. The summed E-state index contributed by atoms with van der Waals surface area (Å²) in [5.74, 6) is 1.66. The fraction of sp³-hybridized carbons (Fsp3) is 1.00. The molecule has 0 amide bonds. The summed E-state index contributed by atoms with van der Waals surface area (Å²) in [6.45, 7) is 4.31. The lowest BCUT2D eigenvalue weighted by molar-refractivity contribution is 0.131. The van der Waals surface area contributed by atoms with Gasteiger partial charge in [0.25, 0.3) is 0 Å². The Hall–Kier alpha value is 0.310. The molecule has 1 aliphatic heterocycles. The molecule has 0 radical (unpaired) electrons. The van der Waals surface area contributed by atoms with E-state index in [9.17, 15) is 5.11 Å². The molecular formula is C8H16OS. The largest absolute Gasteiger partial charge is 0.392 e. The van der Waals surface area contributed by atoms with Crippen molar-refractivity contribution in [2.24, 2.45) is 5.92 Å². The first kappa shape index (κ1) is 8.41. The second-order valence-electron chi connectivity index (χ2n) is 3.13. The molecule has 1 rings (SSSR count). The van der Waals surface area contributed by atoms with Crippen molar-refractivity contribution in [3.8, 4) is 0 Å². The van der Waals surface area contributed by atoms with Crippen molar-refractivity contribution >= 4 is 11.8 Å². The Bertz CT molecular complexity index is 103. The monoisotopic (exact) mass is 160 g/mol. The molecule has 0 aromatic heterocycles. The van der Waals surface area contributed by atoms with Crippen LogP contribution in [0.1, 0.15) is 26.7 Å². The van der Waals surface area contributed by atoms with E-state index in [-0.39, 0.29) is 6.10 Å². The van der Waals surface area contributed by atoms with E-state index in [1.165, 1.54) is 12.8 Å². The van der Waals surface area contributed by atoms with Crippen LogP contribution in [0.15, 0.2) is 0 Å². The maximum atomic E-state index is 9.57. The molecule has 0 aromatic rings. The van der Waals surface area contributed by atoms with E-state index in [1.807, 2.05) is 11.8 Å². The van der Waals surface area contributed by atoms with Gasteiger partial charge in [-0.25, -0.2) is 0 Å². The third kappa shape index (κ3) is 1.67. The average molecular weight is 160 g/mol. The van der Waals surface area contributed by atoms with Gasteiger partial charge in [-0.3, -0.25) is 0 Å². The first-order valence-corrected chi connectivity index (χ1v) is 5.10. The fourth-order valence-corrected chi connectivity index (χ4v) is 2.99. The summed E-state index contributed by atoms with van der Waals surface area (Å²) in [6.07, 6.45) is 2.34. The zero-order valence-corrected chi connectivity index (χ0v) is 7.53. The first-order valence-electron chi connectivity index (χ1n) is 4.05. The van der Waals surface area contributed by atoms with Crippen LogP contribution in [0.5, 0.6) is 0 Å². The van der Waals surface area contributed by atoms with Gasteiger partial charge in [0.05, 0.1) is 6.10 Å². The summed E-state index contributed by atoms with van der Waals surface area (Å²) in [5, 5.41) is 10.1. The molecular weight excluding hydrogens is 144 g/mol. The van der Waals surface area contributed by atoms with Crippen molar-refractivity contribution in [3.63, 3.8) is 0 Å². The normalized spacial score (nSPS) is 40.5. The molecule has 1 saturated heterocycles. The minimum Gasteiger partial charge on any atom is -0.392 e. The van der Waals surface area contributed by atoms with E-state index in [4.69, 9.17) is 0 Å². The summed E-state index contributed by atoms with van der Waals surface area (Å²) >= 11 is 1.93. The van der Waals surface area contributed by atoms with Crippen LogP contribution in [0.25, 0.3) is 0 Å². The summed E-state index contributed by atoms with van der Waals surface area (Å²) < 4.78 is 0. The molecule has 1 heterocycles. The number of rotatable bonds is 2. The molecule has 3 atom stereocenters. The zero-order chi connectivity index (χ0) is 7.56. The number of hydrogen-bond donors (Lipinski definition) is 1. The second kappa shape index (κ2) is 3.63. The van der Waals surface area contributed by atoms with Gasteiger partial charge in [0, 0.05) is 5.25 Å². The molecule has 10 heavy (non-hydrogen) atoms. The summed E-state index contributed by atoms with van der Waals surface area (Å²) in [5.41, 5.74) is 0. The van der Waals surface area contributed by atoms with Crippen molar-refractivity contribution in [3.05, 3.63) is 0 Å². The fourth-order valence-electron chi connectivity index (χ4n) is 1.38. The van der Waals surface area contributed by atoms with Gasteiger partial charge < -0.3 is 5.11 Å². The Kier molecular flexibility index (Phi) is 3.05. The van der Waals surface area contributed by atoms with E-state index in [2.05, 4.69) is 13.8 Å². The molecule has 60 valence electrons. The van der Waals surface area contributed by atoms with Gasteiger partial charge >= 0.3 is 0 Å². The van der Waals surface area contributed by atoms with Crippen LogP contribution in [-0.2, 0) is 0 Å². The van der Waals surface area contributed by atoms with Crippen LogP contribution in [-0.4, -0.2) is 22.2 Å². The van der Waals surface area contributed by atoms with Crippen molar-refractivity contribution in [2.75, 3.05) is 5.75 Å². The van der Waals surface area contributed by atoms with E-state index < -0.39 is 0 Å². The third-order valence-electron chi connectivity index (χ3n) is 2.11. The quantitative estimate of drug-likeness (QED) is 0.666. The molecule has 0 saturated carbocycles. The Morgan fingerprint density at radius 2 is 2.30 bits per heavy atom. The van der Waals surface area contributed by atoms with E-state index in [1.54, 1.807) is 0 Å². The summed E-state index contributed by atoms with van der Waals surface area (Å²) in [7, 11) is 0. The Morgan fingerprint density at radius 3 is 2.70 bits per heavy atom. The lowest BCUT2D eigenvalue weighted by Crippen LogP contribution is -2.22. The highest BCUT2D eigenvalue weighted by molar-refractivity contribution is 8.00. The molecule has 0 bridgehead atoms. The van der Waals surface area contributed by atoms with E-state index in [0.717, 1.165) is 5.75 Å². The SMILES string of the molecule is CCC[C@@H]1SC[C@@H](C)[C@H]1O. The highest BCUT2D eigenvalue weighted by Crippen LogP contribution is 2.33. The Morgan fingerprint density at radius 1 is 1.60 bits per heavy atom. The third-order valence-corrected chi connectivity index (χ3v) is 3.77. The molecule has 0 aromatic carbocycles. The van der Waals surface area contributed by atoms with Gasteiger partial charge in [0.15, 0.2) is 0 Å². The second-order valence-corrected chi connectivity index (χ2v) is 4.40. The molecule has 2 heteroatoms. The number of aliphatic hydroxyl groups excluding tert-OH is 1. The zero-order valence-electron chi connectivity index (χ0n) is 6.71. The molecule has 0 aliphatic carbocycles. The number of thioether (sulfide) groups is 1. The van der Waals surface area contributed by atoms with Gasteiger partial charge in [-0.05, 0) is 18.1 Å². The maximum absolute atomic E-state index is 9.57. The van der Waals surface area contributed by atoms with Crippen LogP contribution in [0.3, 0.4) is 0 Å². The highest BCUT2D eigenvalue weighted by Gasteiger charge is 2.31. The lowest BCUT2D eigenvalue weighted by atomic mass is 10.0. The topological polar surface area (TPSA) is 20.2 Å². The van der Waals surface area contributed by atoms with Gasteiger partial charge in [0.1, 0.15) is 0 Å². The molecule has 0 spiro atoms. The molecule has 1 N–H and O–H groups in total. The maximum Gasteiger partial charge on any atom is 0.0692 e. The van der Waals surface area contributed by atoms with Crippen LogP contribution < -0.4 is 0 Å². The summed E-state index contributed by atoms with van der Waals surface area (Å²) in [6, 6.07) is 0. The Balaban J connectivity index is 2.33. The smallest absolute Gasteiger partial charge is 0.0692 e. The van der Waals surface area contributed by atoms with Gasteiger partial charge in [-0.1, -0.05) is 20.3 Å². The van der Waals surface area contributed by atoms with E-state index >= 15 is 0 Å². The predicted molar refractivity (Wildman–Crippen MR) is 46.3 cm³/mol. The highest BCUT2D eigenvalue weighted by atomic mass is 32.2. The van der Waals surface area contributed by atoms with Crippen LogP contribution >= 0.6 is 11.8 Å². The van der Waals surface area contributed by atoms with Crippen LogP contribution in [0.2, 0.25) is 0 Å². The average Bonchev–Trinajstić information content (AvgIpc) is 2.20. The molecule has 1 aliphatic rings. The summed E-state index contributed by atoms with van der Waals surface area (Å²) in [4.78, 5) is 0. The Labute approximate surface area is 67.2 Å². The predicted octanol–water partition coefficient (Wildman–Crippen LogP) is 1.90.